The summed E-state index contributed by atoms with van der Waals surface area (Å²) in [6, 6.07) is 19.7. The third-order valence-corrected chi connectivity index (χ3v) is 5.37. The van der Waals surface area contributed by atoms with Gasteiger partial charge in [-0.25, -0.2) is 8.78 Å². The first-order chi connectivity index (χ1) is 15.3. The van der Waals surface area contributed by atoms with Crippen LogP contribution >= 0.6 is 0 Å². The van der Waals surface area contributed by atoms with Gasteiger partial charge in [-0.1, -0.05) is 42.5 Å². The SMILES string of the molecule is CC(NC(c1ccccc1)c1cccc(Nc2c(N)c(=O)c2=O)c1)c1cc(F)cc(F)c1. The van der Waals surface area contributed by atoms with E-state index in [9.17, 15) is 18.4 Å². The second-order valence-electron chi connectivity index (χ2n) is 7.63. The Morgan fingerprint density at radius 1 is 0.781 bits per heavy atom. The molecular weight excluding hydrogens is 412 g/mol. The molecule has 0 saturated carbocycles. The minimum Gasteiger partial charge on any atom is -0.394 e. The number of nitrogens with one attached hydrogen (secondary N) is 2. The Morgan fingerprint density at radius 2 is 1.44 bits per heavy atom. The lowest BCUT2D eigenvalue weighted by Crippen LogP contribution is -2.36. The van der Waals surface area contributed by atoms with Gasteiger partial charge < -0.3 is 11.1 Å². The summed E-state index contributed by atoms with van der Waals surface area (Å²) >= 11 is 0. The maximum atomic E-state index is 13.7. The number of hydrogen-bond donors (Lipinski definition) is 3. The minimum atomic E-state index is -0.691. The molecule has 7 heteroatoms. The second-order valence-corrected chi connectivity index (χ2v) is 7.63. The fraction of sp³-hybridized carbons (Fsp3) is 0.120. The fourth-order valence-corrected chi connectivity index (χ4v) is 3.68. The monoisotopic (exact) mass is 433 g/mol. The van der Waals surface area contributed by atoms with E-state index in [1.165, 1.54) is 12.1 Å². The van der Waals surface area contributed by atoms with Gasteiger partial charge in [-0.15, -0.1) is 0 Å². The maximum Gasteiger partial charge on any atom is 0.253 e. The Labute approximate surface area is 183 Å². The van der Waals surface area contributed by atoms with E-state index in [-0.39, 0.29) is 23.5 Å². The molecule has 32 heavy (non-hydrogen) atoms. The van der Waals surface area contributed by atoms with Crippen LogP contribution in [-0.4, -0.2) is 0 Å². The van der Waals surface area contributed by atoms with E-state index in [0.717, 1.165) is 17.2 Å². The molecule has 0 aliphatic heterocycles. The molecule has 2 unspecified atom stereocenters. The standard InChI is InChI=1S/C25H21F2N3O2/c1-14(17-10-18(26)13-19(27)11-17)29-22(15-6-3-2-4-7-15)16-8-5-9-20(12-16)30-23-21(28)24(31)25(23)32/h2-14,22,29-30H,28H2,1H3. The van der Waals surface area contributed by atoms with Gasteiger partial charge in [-0.05, 0) is 47.9 Å². The number of halogens is 2. The second kappa shape index (κ2) is 8.72. The van der Waals surface area contributed by atoms with Crippen LogP contribution in [0.5, 0.6) is 0 Å². The zero-order chi connectivity index (χ0) is 22.8. The molecule has 0 radical (unpaired) electrons. The van der Waals surface area contributed by atoms with Crippen molar-refractivity contribution in [2.45, 2.75) is 19.0 Å². The summed E-state index contributed by atoms with van der Waals surface area (Å²) in [4.78, 5) is 23.1. The van der Waals surface area contributed by atoms with Crippen molar-refractivity contribution in [3.8, 4) is 0 Å². The predicted octanol–water partition coefficient (Wildman–Crippen LogP) is 4.33. The number of nitrogens with two attached hydrogens (primary N) is 1. The zero-order valence-electron chi connectivity index (χ0n) is 17.2. The summed E-state index contributed by atoms with van der Waals surface area (Å²) in [5.41, 5.74) is 7.15. The van der Waals surface area contributed by atoms with Crippen LogP contribution < -0.4 is 27.2 Å². The highest BCUT2D eigenvalue weighted by Gasteiger charge is 2.21. The minimum absolute atomic E-state index is 0.0833. The highest BCUT2D eigenvalue weighted by atomic mass is 19.1. The molecule has 0 bridgehead atoms. The zero-order valence-corrected chi connectivity index (χ0v) is 17.2. The molecule has 162 valence electrons. The molecule has 0 spiro atoms. The first kappa shape index (κ1) is 21.4. The van der Waals surface area contributed by atoms with Gasteiger partial charge >= 0.3 is 0 Å². The number of rotatable bonds is 7. The van der Waals surface area contributed by atoms with Crippen LogP contribution in [0.4, 0.5) is 25.8 Å². The number of anilines is 3. The fourth-order valence-electron chi connectivity index (χ4n) is 3.68. The molecule has 5 nitrogen and oxygen atoms in total. The first-order valence-electron chi connectivity index (χ1n) is 10.1. The highest BCUT2D eigenvalue weighted by molar-refractivity contribution is 5.76. The van der Waals surface area contributed by atoms with Crippen molar-refractivity contribution >= 4 is 17.1 Å². The van der Waals surface area contributed by atoms with Gasteiger partial charge in [0.1, 0.15) is 23.0 Å². The molecule has 0 fully saturated rings. The predicted molar refractivity (Wildman–Crippen MR) is 122 cm³/mol. The van der Waals surface area contributed by atoms with Crippen LogP contribution in [0.15, 0.2) is 82.4 Å². The van der Waals surface area contributed by atoms with Gasteiger partial charge in [-0.2, -0.15) is 0 Å². The van der Waals surface area contributed by atoms with Crippen molar-refractivity contribution in [2.24, 2.45) is 0 Å². The number of nitrogen functional groups attached to an aromatic ring is 1. The highest BCUT2D eigenvalue weighted by Crippen LogP contribution is 2.29. The lowest BCUT2D eigenvalue weighted by Gasteiger charge is -2.25. The van der Waals surface area contributed by atoms with E-state index in [0.29, 0.717) is 11.3 Å². The van der Waals surface area contributed by atoms with Crippen LogP contribution in [0.25, 0.3) is 0 Å². The lowest BCUT2D eigenvalue weighted by molar-refractivity contribution is 0.506. The van der Waals surface area contributed by atoms with Crippen molar-refractivity contribution in [1.82, 2.24) is 5.32 Å². The summed E-state index contributed by atoms with van der Waals surface area (Å²) in [5.74, 6) is -1.27. The third kappa shape index (κ3) is 4.29. The van der Waals surface area contributed by atoms with E-state index >= 15 is 0 Å². The molecule has 4 rings (SSSR count). The lowest BCUT2D eigenvalue weighted by atomic mass is 9.96. The van der Waals surface area contributed by atoms with Gasteiger partial charge in [0.15, 0.2) is 0 Å². The van der Waals surface area contributed by atoms with Crippen LogP contribution in [0.1, 0.15) is 35.7 Å². The summed E-state index contributed by atoms with van der Waals surface area (Å²) in [7, 11) is 0. The summed E-state index contributed by atoms with van der Waals surface area (Å²) in [6.45, 7) is 1.83. The molecular formula is C25H21F2N3O2. The van der Waals surface area contributed by atoms with Crippen LogP contribution in [-0.2, 0) is 0 Å². The number of benzene rings is 3. The molecule has 0 aliphatic carbocycles. The Morgan fingerprint density at radius 3 is 2.09 bits per heavy atom. The van der Waals surface area contributed by atoms with Gasteiger partial charge in [0.2, 0.25) is 0 Å². The molecule has 4 N–H and O–H groups in total. The van der Waals surface area contributed by atoms with Crippen molar-refractivity contribution in [2.75, 3.05) is 11.1 Å². The smallest absolute Gasteiger partial charge is 0.253 e. The van der Waals surface area contributed by atoms with Gasteiger partial charge in [0.25, 0.3) is 10.9 Å². The normalized spacial score (nSPS) is 13.1. The summed E-state index contributed by atoms with van der Waals surface area (Å²) < 4.78 is 27.5. The molecule has 4 aromatic carbocycles. The van der Waals surface area contributed by atoms with Crippen molar-refractivity contribution in [1.29, 1.82) is 0 Å². The molecule has 0 saturated heterocycles. The summed E-state index contributed by atoms with van der Waals surface area (Å²) in [6.07, 6.45) is 0. The van der Waals surface area contributed by atoms with Gasteiger partial charge in [0, 0.05) is 17.8 Å². The Hall–Kier alpha value is -3.84. The van der Waals surface area contributed by atoms with E-state index < -0.39 is 22.5 Å². The van der Waals surface area contributed by atoms with Gasteiger partial charge in [-0.3, -0.25) is 14.9 Å². The average molecular weight is 433 g/mol. The number of hydrogen-bond acceptors (Lipinski definition) is 5. The topological polar surface area (TPSA) is 84.2 Å². The Balaban J connectivity index is 1.67. The molecule has 2 atom stereocenters. The Bertz CT molecular complexity index is 1310. The quantitative estimate of drug-likeness (QED) is 0.378. The third-order valence-electron chi connectivity index (χ3n) is 5.37. The summed E-state index contributed by atoms with van der Waals surface area (Å²) in [5, 5.41) is 6.35. The first-order valence-corrected chi connectivity index (χ1v) is 10.1. The largest absolute Gasteiger partial charge is 0.394 e. The molecule has 0 aliphatic rings. The van der Waals surface area contributed by atoms with Crippen molar-refractivity contribution < 1.29 is 8.78 Å². The molecule has 0 amide bonds. The van der Waals surface area contributed by atoms with Crippen LogP contribution in [0.3, 0.4) is 0 Å². The van der Waals surface area contributed by atoms with Crippen LogP contribution in [0.2, 0.25) is 0 Å². The van der Waals surface area contributed by atoms with Crippen molar-refractivity contribution in [3.05, 3.63) is 122 Å². The van der Waals surface area contributed by atoms with Crippen LogP contribution in [0, 0.1) is 11.6 Å². The van der Waals surface area contributed by atoms with Crippen molar-refractivity contribution in [3.63, 3.8) is 0 Å². The van der Waals surface area contributed by atoms with E-state index in [4.69, 9.17) is 5.73 Å². The molecule has 0 aromatic heterocycles. The molecule has 4 aromatic rings. The van der Waals surface area contributed by atoms with E-state index in [2.05, 4.69) is 10.6 Å². The Kier molecular flexibility index (Phi) is 5.83. The maximum absolute atomic E-state index is 13.7. The van der Waals surface area contributed by atoms with E-state index in [1.807, 2.05) is 55.5 Å². The average Bonchev–Trinajstić information content (AvgIpc) is 2.80. The molecule has 0 heterocycles. The van der Waals surface area contributed by atoms with Gasteiger partial charge in [0.05, 0.1) is 6.04 Å². The van der Waals surface area contributed by atoms with E-state index in [1.54, 1.807) is 6.07 Å².